The highest BCUT2D eigenvalue weighted by Crippen LogP contribution is 2.89. The van der Waals surface area contributed by atoms with Crippen molar-refractivity contribution in [2.75, 3.05) is 0 Å². The SMILES string of the molecule is N#CC12OC(=O)C3(O)C4C5CC(C6C5C3C61)C42. The number of hydrogen-bond acceptors (Lipinski definition) is 4. The van der Waals surface area contributed by atoms with E-state index in [1.54, 1.807) is 0 Å². The van der Waals surface area contributed by atoms with Crippen molar-refractivity contribution in [2.45, 2.75) is 17.6 Å². The van der Waals surface area contributed by atoms with Gasteiger partial charge in [-0.05, 0) is 30.1 Å². The maximum Gasteiger partial charge on any atom is 0.340 e. The number of fused-ring (bicyclic) bond motifs is 1. The van der Waals surface area contributed by atoms with E-state index in [0.717, 1.165) is 6.42 Å². The van der Waals surface area contributed by atoms with Gasteiger partial charge in [0.25, 0.3) is 0 Å². The van der Waals surface area contributed by atoms with E-state index in [-0.39, 0.29) is 23.7 Å². The van der Waals surface area contributed by atoms with Crippen molar-refractivity contribution in [3.05, 3.63) is 0 Å². The molecule has 5 aliphatic carbocycles. The van der Waals surface area contributed by atoms with Crippen molar-refractivity contribution in [1.82, 2.24) is 0 Å². The molecule has 2 saturated heterocycles. The number of esters is 1. The molecule has 10 atom stereocenters. The van der Waals surface area contributed by atoms with E-state index in [9.17, 15) is 15.2 Å². The van der Waals surface area contributed by atoms with Crippen LogP contribution in [0.5, 0.6) is 0 Å². The van der Waals surface area contributed by atoms with Gasteiger partial charge >= 0.3 is 5.97 Å². The fraction of sp³-hybridized carbons (Fsp3) is 0.846. The maximum atomic E-state index is 12.1. The number of carbonyl (C=O) groups excluding carboxylic acids is 1. The van der Waals surface area contributed by atoms with Gasteiger partial charge < -0.3 is 9.84 Å². The summed E-state index contributed by atoms with van der Waals surface area (Å²) < 4.78 is 5.46. The van der Waals surface area contributed by atoms with Crippen LogP contribution in [-0.4, -0.2) is 22.3 Å². The highest BCUT2D eigenvalue weighted by Gasteiger charge is 2.96. The molecule has 4 heteroatoms. The lowest BCUT2D eigenvalue weighted by Crippen LogP contribution is -2.73. The van der Waals surface area contributed by atoms with Gasteiger partial charge in [0.15, 0.2) is 5.60 Å². The zero-order chi connectivity index (χ0) is 11.3. The third-order valence-electron chi connectivity index (χ3n) is 7.27. The first kappa shape index (κ1) is 8.10. The molecule has 0 aromatic rings. The summed E-state index contributed by atoms with van der Waals surface area (Å²) in [5, 5.41) is 20.4. The molecule has 0 amide bonds. The Morgan fingerprint density at radius 2 is 1.94 bits per heavy atom. The fourth-order valence-corrected chi connectivity index (χ4v) is 7.41. The van der Waals surface area contributed by atoms with Gasteiger partial charge in [0.1, 0.15) is 6.07 Å². The first-order valence-electron chi connectivity index (χ1n) is 6.53. The normalized spacial score (nSPS) is 78.5. The lowest BCUT2D eigenvalue weighted by atomic mass is 9.50. The molecular formula is C13H11NO3. The van der Waals surface area contributed by atoms with Crippen molar-refractivity contribution in [3.63, 3.8) is 0 Å². The average Bonchev–Trinajstić information content (AvgIpc) is 2.79. The first-order chi connectivity index (χ1) is 8.16. The Hall–Kier alpha value is -1.08. The number of nitrogens with zero attached hydrogens (tertiary/aromatic N) is 1. The second-order valence-corrected chi connectivity index (χ2v) is 6.94. The monoisotopic (exact) mass is 229 g/mol. The van der Waals surface area contributed by atoms with Gasteiger partial charge in [-0.15, -0.1) is 0 Å². The van der Waals surface area contributed by atoms with Crippen molar-refractivity contribution < 1.29 is 14.6 Å². The van der Waals surface area contributed by atoms with Crippen LogP contribution in [0.25, 0.3) is 0 Å². The molecule has 2 heterocycles. The first-order valence-corrected chi connectivity index (χ1v) is 6.53. The lowest BCUT2D eigenvalue weighted by molar-refractivity contribution is -0.269. The molecular weight excluding hydrogens is 218 g/mol. The van der Waals surface area contributed by atoms with E-state index in [2.05, 4.69) is 6.07 Å². The van der Waals surface area contributed by atoms with Crippen LogP contribution < -0.4 is 0 Å². The highest BCUT2D eigenvalue weighted by molar-refractivity contribution is 5.86. The van der Waals surface area contributed by atoms with Crippen LogP contribution in [-0.2, 0) is 9.53 Å². The Kier molecular flexibility index (Phi) is 0.822. The average molecular weight is 229 g/mol. The minimum atomic E-state index is -1.22. The Bertz CT molecular complexity index is 568. The number of hydrogen-bond donors (Lipinski definition) is 1. The van der Waals surface area contributed by atoms with Crippen molar-refractivity contribution >= 4 is 5.97 Å². The molecule has 17 heavy (non-hydrogen) atoms. The minimum Gasteiger partial charge on any atom is -0.441 e. The smallest absolute Gasteiger partial charge is 0.340 e. The van der Waals surface area contributed by atoms with Crippen molar-refractivity contribution in [2.24, 2.45) is 47.3 Å². The van der Waals surface area contributed by atoms with Crippen LogP contribution >= 0.6 is 0 Å². The van der Waals surface area contributed by atoms with E-state index < -0.39 is 17.2 Å². The quantitative estimate of drug-likeness (QED) is 0.590. The zero-order valence-electron chi connectivity index (χ0n) is 9.04. The lowest BCUT2D eigenvalue weighted by Gasteiger charge is -2.59. The van der Waals surface area contributed by atoms with Crippen LogP contribution in [0.15, 0.2) is 0 Å². The van der Waals surface area contributed by atoms with Crippen LogP contribution in [0.3, 0.4) is 0 Å². The van der Waals surface area contributed by atoms with Gasteiger partial charge in [0, 0.05) is 23.7 Å². The summed E-state index contributed by atoms with van der Waals surface area (Å²) in [6, 6.07) is 2.34. The number of ether oxygens (including phenoxy) is 1. The third kappa shape index (κ3) is 0.421. The molecule has 86 valence electrons. The summed E-state index contributed by atoms with van der Waals surface area (Å²) in [4.78, 5) is 12.1. The maximum absolute atomic E-state index is 12.1. The molecule has 0 radical (unpaired) electrons. The fourth-order valence-electron chi connectivity index (χ4n) is 7.41. The van der Waals surface area contributed by atoms with Crippen molar-refractivity contribution in [1.29, 1.82) is 5.26 Å². The zero-order valence-corrected chi connectivity index (χ0v) is 9.04. The summed E-state index contributed by atoms with van der Waals surface area (Å²) in [6.07, 6.45) is 1.13. The predicted molar refractivity (Wildman–Crippen MR) is 51.9 cm³/mol. The Morgan fingerprint density at radius 1 is 1.24 bits per heavy atom. The molecule has 10 unspecified atom stereocenters. The second-order valence-electron chi connectivity index (χ2n) is 6.94. The molecule has 5 saturated carbocycles. The second kappa shape index (κ2) is 1.73. The summed E-state index contributed by atoms with van der Waals surface area (Å²) in [5.41, 5.74) is -2.07. The molecule has 0 aromatic heterocycles. The van der Waals surface area contributed by atoms with Gasteiger partial charge in [-0.3, -0.25) is 0 Å². The topological polar surface area (TPSA) is 70.3 Å². The van der Waals surface area contributed by atoms with E-state index in [0.29, 0.717) is 23.7 Å². The summed E-state index contributed by atoms with van der Waals surface area (Å²) in [5.74, 6) is 2.06. The highest BCUT2D eigenvalue weighted by atomic mass is 16.6. The molecule has 7 aliphatic rings. The molecule has 4 nitrogen and oxygen atoms in total. The van der Waals surface area contributed by atoms with E-state index in [4.69, 9.17) is 4.74 Å². The summed E-state index contributed by atoms with van der Waals surface area (Å²) >= 11 is 0. The molecule has 2 aliphatic heterocycles. The van der Waals surface area contributed by atoms with Crippen LogP contribution in [0.1, 0.15) is 6.42 Å². The van der Waals surface area contributed by atoms with E-state index in [1.165, 1.54) is 0 Å². The van der Waals surface area contributed by atoms with E-state index >= 15 is 0 Å². The summed E-state index contributed by atoms with van der Waals surface area (Å²) in [6.45, 7) is 0. The number of carbonyl (C=O) groups is 1. The predicted octanol–water partition coefficient (Wildman–Crippen LogP) is -0.0756. The number of rotatable bonds is 0. The van der Waals surface area contributed by atoms with Crippen LogP contribution in [0.4, 0.5) is 0 Å². The summed E-state index contributed by atoms with van der Waals surface area (Å²) in [7, 11) is 0. The van der Waals surface area contributed by atoms with Gasteiger partial charge in [0.05, 0.1) is 0 Å². The number of aliphatic hydroxyl groups is 1. The van der Waals surface area contributed by atoms with Gasteiger partial charge in [0.2, 0.25) is 5.60 Å². The molecule has 4 bridgehead atoms. The van der Waals surface area contributed by atoms with Gasteiger partial charge in [-0.1, -0.05) is 0 Å². The molecule has 7 rings (SSSR count). The minimum absolute atomic E-state index is 0.0402. The Balaban J connectivity index is 1.77. The molecule has 1 N–H and O–H groups in total. The standard InChI is InChI=1S/C13H11NO3/c14-2-12-7-3-1-4-6-5(3)9(12)10(6)13(16,8(4)7)11(15)17-12/h3-10,16H,1H2. The van der Waals surface area contributed by atoms with E-state index in [1.807, 2.05) is 0 Å². The number of nitriles is 1. The third-order valence-corrected chi connectivity index (χ3v) is 7.27. The molecule has 7 fully saturated rings. The van der Waals surface area contributed by atoms with Crippen molar-refractivity contribution in [3.8, 4) is 6.07 Å². The van der Waals surface area contributed by atoms with Crippen LogP contribution in [0.2, 0.25) is 0 Å². The largest absolute Gasteiger partial charge is 0.441 e. The molecule has 0 aromatic carbocycles. The van der Waals surface area contributed by atoms with Gasteiger partial charge in [-0.2, -0.15) is 5.26 Å². The Labute approximate surface area is 97.5 Å². The molecule has 0 spiro atoms. The van der Waals surface area contributed by atoms with Crippen LogP contribution in [0, 0.1) is 58.7 Å². The Morgan fingerprint density at radius 3 is 2.71 bits per heavy atom. The van der Waals surface area contributed by atoms with Gasteiger partial charge in [-0.25, -0.2) is 4.79 Å².